The number of amides is 1. The van der Waals surface area contributed by atoms with Crippen LogP contribution >= 0.6 is 0 Å². The van der Waals surface area contributed by atoms with E-state index in [9.17, 15) is 9.90 Å². The highest BCUT2D eigenvalue weighted by atomic mass is 16.5. The van der Waals surface area contributed by atoms with Crippen molar-refractivity contribution in [2.45, 2.75) is 25.9 Å². The summed E-state index contributed by atoms with van der Waals surface area (Å²) in [5.41, 5.74) is -1.20. The maximum Gasteiger partial charge on any atom is 0.222 e. The summed E-state index contributed by atoms with van der Waals surface area (Å²) >= 11 is 0. The number of nitrogens with one attached hydrogen (secondary N) is 1. The van der Waals surface area contributed by atoms with Crippen molar-refractivity contribution >= 4 is 5.91 Å². The van der Waals surface area contributed by atoms with Crippen LogP contribution in [0, 0.1) is 6.92 Å². The molecule has 0 aliphatic carbocycles. The minimum absolute atomic E-state index is 0.114. The van der Waals surface area contributed by atoms with Gasteiger partial charge in [-0.25, -0.2) is 0 Å². The number of ether oxygens (including phenoxy) is 1. The average Bonchev–Trinajstić information content (AvgIpc) is 2.71. The molecule has 96 valence electrons. The van der Waals surface area contributed by atoms with E-state index in [4.69, 9.17) is 9.15 Å². The molecule has 5 nitrogen and oxygen atoms in total. The molecule has 1 heterocycles. The maximum atomic E-state index is 11.4. The zero-order valence-corrected chi connectivity index (χ0v) is 10.4. The van der Waals surface area contributed by atoms with Crippen LogP contribution in [0.25, 0.3) is 0 Å². The summed E-state index contributed by atoms with van der Waals surface area (Å²) in [4.78, 5) is 11.4. The first-order chi connectivity index (χ1) is 7.95. The molecular formula is C12H19NO4. The molecule has 0 fully saturated rings. The van der Waals surface area contributed by atoms with Gasteiger partial charge in [0.2, 0.25) is 5.91 Å². The van der Waals surface area contributed by atoms with Crippen LogP contribution in [-0.2, 0) is 15.1 Å². The van der Waals surface area contributed by atoms with E-state index in [-0.39, 0.29) is 18.9 Å². The Kier molecular flexibility index (Phi) is 4.72. The van der Waals surface area contributed by atoms with Crippen LogP contribution in [0.1, 0.15) is 24.9 Å². The third-order valence-electron chi connectivity index (χ3n) is 2.43. The van der Waals surface area contributed by atoms with Gasteiger partial charge in [-0.15, -0.1) is 0 Å². The minimum atomic E-state index is -1.20. The van der Waals surface area contributed by atoms with Gasteiger partial charge in [-0.1, -0.05) is 0 Å². The van der Waals surface area contributed by atoms with Gasteiger partial charge in [0.15, 0.2) is 0 Å². The van der Waals surface area contributed by atoms with E-state index < -0.39 is 5.60 Å². The third-order valence-corrected chi connectivity index (χ3v) is 2.43. The summed E-state index contributed by atoms with van der Waals surface area (Å²) in [5.74, 6) is 1.02. The molecule has 0 saturated carbocycles. The Morgan fingerprint density at radius 3 is 2.82 bits per heavy atom. The van der Waals surface area contributed by atoms with Gasteiger partial charge in [0.05, 0.1) is 13.2 Å². The van der Waals surface area contributed by atoms with Crippen LogP contribution in [-0.4, -0.2) is 31.3 Å². The number of aryl methyl sites for hydroxylation is 1. The molecule has 1 aromatic rings. The number of furan rings is 1. The first-order valence-electron chi connectivity index (χ1n) is 5.50. The van der Waals surface area contributed by atoms with Crippen LogP contribution in [0.4, 0.5) is 0 Å². The monoisotopic (exact) mass is 241 g/mol. The van der Waals surface area contributed by atoms with E-state index in [1.54, 1.807) is 26.0 Å². The predicted octanol–water partition coefficient (Wildman–Crippen LogP) is 0.948. The van der Waals surface area contributed by atoms with Crippen LogP contribution in [0.15, 0.2) is 16.5 Å². The molecule has 1 aromatic heterocycles. The van der Waals surface area contributed by atoms with Crippen molar-refractivity contribution in [2.75, 3.05) is 20.3 Å². The molecule has 0 radical (unpaired) electrons. The number of aliphatic hydroxyl groups is 1. The molecule has 0 aliphatic rings. The molecule has 1 rings (SSSR count). The highest BCUT2D eigenvalue weighted by Crippen LogP contribution is 2.21. The molecule has 0 aliphatic heterocycles. The molecule has 5 heteroatoms. The molecule has 1 unspecified atom stereocenters. The van der Waals surface area contributed by atoms with Crippen LogP contribution in [0.3, 0.4) is 0 Å². The summed E-state index contributed by atoms with van der Waals surface area (Å²) in [6, 6.07) is 3.48. The number of hydrogen-bond acceptors (Lipinski definition) is 4. The fraction of sp³-hybridized carbons (Fsp3) is 0.583. The third kappa shape index (κ3) is 4.20. The topological polar surface area (TPSA) is 71.7 Å². The summed E-state index contributed by atoms with van der Waals surface area (Å²) in [5, 5.41) is 12.8. The predicted molar refractivity (Wildman–Crippen MR) is 62.5 cm³/mol. The maximum absolute atomic E-state index is 11.4. The molecular weight excluding hydrogens is 222 g/mol. The van der Waals surface area contributed by atoms with Crippen molar-refractivity contribution in [1.29, 1.82) is 0 Å². The van der Waals surface area contributed by atoms with Crippen molar-refractivity contribution in [3.8, 4) is 0 Å². The van der Waals surface area contributed by atoms with E-state index >= 15 is 0 Å². The standard InChI is InChI=1S/C12H19NO4/c1-9-4-5-10(17-9)12(2,15)8-13-11(14)6-7-16-3/h4-5,15H,6-8H2,1-3H3,(H,13,14). The second-order valence-electron chi connectivity index (χ2n) is 4.20. The number of rotatable bonds is 6. The smallest absolute Gasteiger partial charge is 0.222 e. The normalized spacial score (nSPS) is 14.4. The van der Waals surface area contributed by atoms with Gasteiger partial charge in [0, 0.05) is 13.5 Å². The Balaban J connectivity index is 2.47. The number of hydrogen-bond donors (Lipinski definition) is 2. The van der Waals surface area contributed by atoms with Gasteiger partial charge in [0.25, 0.3) is 0 Å². The number of carbonyl (C=O) groups is 1. The van der Waals surface area contributed by atoms with Gasteiger partial charge in [-0.2, -0.15) is 0 Å². The lowest BCUT2D eigenvalue weighted by molar-refractivity contribution is -0.123. The SMILES string of the molecule is COCCC(=O)NCC(C)(O)c1ccc(C)o1. The van der Waals surface area contributed by atoms with Crippen molar-refractivity contribution in [3.63, 3.8) is 0 Å². The Labute approximate surface area is 101 Å². The van der Waals surface area contributed by atoms with Gasteiger partial charge < -0.3 is 19.6 Å². The van der Waals surface area contributed by atoms with Crippen LogP contribution in [0.2, 0.25) is 0 Å². The Morgan fingerprint density at radius 1 is 1.59 bits per heavy atom. The lowest BCUT2D eigenvalue weighted by atomic mass is 10.0. The fourth-order valence-electron chi connectivity index (χ4n) is 1.36. The van der Waals surface area contributed by atoms with Crippen molar-refractivity contribution in [2.24, 2.45) is 0 Å². The quantitative estimate of drug-likeness (QED) is 0.777. The molecule has 0 spiro atoms. The summed E-state index contributed by atoms with van der Waals surface area (Å²) in [7, 11) is 1.54. The highest BCUT2D eigenvalue weighted by molar-refractivity contribution is 5.76. The van der Waals surface area contributed by atoms with E-state index in [2.05, 4.69) is 5.32 Å². The van der Waals surface area contributed by atoms with Crippen LogP contribution in [0.5, 0.6) is 0 Å². The van der Waals surface area contributed by atoms with E-state index in [0.717, 1.165) is 5.76 Å². The summed E-state index contributed by atoms with van der Waals surface area (Å²) in [6.45, 7) is 3.88. The van der Waals surface area contributed by atoms with Gasteiger partial charge in [-0.05, 0) is 26.0 Å². The molecule has 0 saturated heterocycles. The lowest BCUT2D eigenvalue weighted by Crippen LogP contribution is -2.38. The summed E-state index contributed by atoms with van der Waals surface area (Å²) < 4.78 is 10.1. The first-order valence-corrected chi connectivity index (χ1v) is 5.50. The average molecular weight is 241 g/mol. The zero-order chi connectivity index (χ0) is 12.9. The van der Waals surface area contributed by atoms with Gasteiger partial charge in [-0.3, -0.25) is 4.79 Å². The second-order valence-corrected chi connectivity index (χ2v) is 4.20. The molecule has 0 bridgehead atoms. The van der Waals surface area contributed by atoms with Gasteiger partial charge in [0.1, 0.15) is 17.1 Å². The Hall–Kier alpha value is -1.33. The van der Waals surface area contributed by atoms with Crippen molar-refractivity contribution in [3.05, 3.63) is 23.7 Å². The molecule has 0 aromatic carbocycles. The summed E-state index contributed by atoms with van der Waals surface area (Å²) in [6.07, 6.45) is 0.282. The Bertz CT molecular complexity index is 370. The lowest BCUT2D eigenvalue weighted by Gasteiger charge is -2.21. The van der Waals surface area contributed by atoms with Crippen LogP contribution < -0.4 is 5.32 Å². The largest absolute Gasteiger partial charge is 0.463 e. The fourth-order valence-corrected chi connectivity index (χ4v) is 1.36. The van der Waals surface area contributed by atoms with E-state index in [0.29, 0.717) is 12.4 Å². The minimum Gasteiger partial charge on any atom is -0.463 e. The second kappa shape index (κ2) is 5.84. The zero-order valence-electron chi connectivity index (χ0n) is 10.4. The van der Waals surface area contributed by atoms with E-state index in [1.165, 1.54) is 7.11 Å². The molecule has 1 atom stereocenters. The number of carbonyl (C=O) groups excluding carboxylic acids is 1. The molecule has 2 N–H and O–H groups in total. The highest BCUT2D eigenvalue weighted by Gasteiger charge is 2.27. The van der Waals surface area contributed by atoms with E-state index in [1.807, 2.05) is 0 Å². The van der Waals surface area contributed by atoms with Crippen molar-refractivity contribution in [1.82, 2.24) is 5.32 Å². The van der Waals surface area contributed by atoms with Crippen molar-refractivity contribution < 1.29 is 19.1 Å². The number of methoxy groups -OCH3 is 1. The molecule has 1 amide bonds. The van der Waals surface area contributed by atoms with Gasteiger partial charge >= 0.3 is 0 Å². The molecule has 17 heavy (non-hydrogen) atoms. The first kappa shape index (κ1) is 13.7. The Morgan fingerprint density at radius 2 is 2.29 bits per heavy atom.